The Morgan fingerprint density at radius 1 is 1.50 bits per heavy atom. The van der Waals surface area contributed by atoms with Crippen LogP contribution in [-0.2, 0) is 16.6 Å². The van der Waals surface area contributed by atoms with Crippen LogP contribution in [0.25, 0.3) is 0 Å². The zero-order chi connectivity index (χ0) is 10.4. The molecule has 0 spiro atoms. The van der Waals surface area contributed by atoms with Gasteiger partial charge in [-0.15, -0.1) is 0 Å². The Morgan fingerprint density at radius 2 is 2.14 bits per heavy atom. The van der Waals surface area contributed by atoms with Crippen LogP contribution in [0.15, 0.2) is 18.5 Å². The van der Waals surface area contributed by atoms with Gasteiger partial charge in [-0.25, -0.2) is 9.97 Å². The van der Waals surface area contributed by atoms with Crippen molar-refractivity contribution >= 4 is 10.8 Å². The number of nitrogens with two attached hydrogens (primary N) is 1. The first kappa shape index (κ1) is 11.3. The van der Waals surface area contributed by atoms with E-state index in [-0.39, 0.29) is 5.25 Å². The third-order valence-electron chi connectivity index (χ3n) is 1.91. The minimum absolute atomic E-state index is 0.115. The molecular weight excluding hydrogens is 198 g/mol. The predicted molar refractivity (Wildman–Crippen MR) is 57.0 cm³/mol. The van der Waals surface area contributed by atoms with E-state index in [0.717, 1.165) is 6.42 Å². The van der Waals surface area contributed by atoms with Crippen LogP contribution in [0.3, 0.4) is 0 Å². The maximum atomic E-state index is 11.7. The summed E-state index contributed by atoms with van der Waals surface area (Å²) in [5.74, 6) is 1.05. The average molecular weight is 213 g/mol. The van der Waals surface area contributed by atoms with Crippen molar-refractivity contribution in [1.29, 1.82) is 0 Å². The van der Waals surface area contributed by atoms with Crippen molar-refractivity contribution in [2.24, 2.45) is 5.73 Å². The molecule has 1 heterocycles. The van der Waals surface area contributed by atoms with Crippen molar-refractivity contribution in [3.63, 3.8) is 0 Å². The van der Waals surface area contributed by atoms with Crippen molar-refractivity contribution in [3.8, 4) is 0 Å². The molecule has 0 amide bonds. The fourth-order valence-corrected chi connectivity index (χ4v) is 2.13. The Morgan fingerprint density at radius 3 is 2.71 bits per heavy atom. The van der Waals surface area contributed by atoms with Crippen LogP contribution in [0.2, 0.25) is 0 Å². The Bertz CT molecular complexity index is 291. The summed E-state index contributed by atoms with van der Waals surface area (Å²) in [4.78, 5) is 8.05. The molecule has 14 heavy (non-hydrogen) atoms. The second kappa shape index (κ2) is 5.82. The molecule has 0 aliphatic rings. The van der Waals surface area contributed by atoms with E-state index < -0.39 is 10.8 Å². The Kier molecular flexibility index (Phi) is 4.69. The van der Waals surface area contributed by atoms with E-state index in [4.69, 9.17) is 5.73 Å². The minimum Gasteiger partial charge on any atom is -0.330 e. The molecule has 0 fully saturated rings. The van der Waals surface area contributed by atoms with Gasteiger partial charge in [0, 0.05) is 28.4 Å². The van der Waals surface area contributed by atoms with E-state index in [1.165, 1.54) is 0 Å². The van der Waals surface area contributed by atoms with Crippen LogP contribution in [0, 0.1) is 0 Å². The standard InChI is InChI=1S/C9H15N3OS/c1-8(3-4-10)14(13)7-9-11-5-2-6-12-9/h2,5-6,8H,3-4,7,10H2,1H3. The molecule has 0 saturated heterocycles. The third kappa shape index (κ3) is 3.51. The zero-order valence-electron chi connectivity index (χ0n) is 8.22. The normalized spacial score (nSPS) is 15.0. The van der Waals surface area contributed by atoms with Crippen LogP contribution < -0.4 is 5.73 Å². The lowest BCUT2D eigenvalue weighted by Crippen LogP contribution is -2.18. The van der Waals surface area contributed by atoms with Crippen molar-refractivity contribution in [3.05, 3.63) is 24.3 Å². The summed E-state index contributed by atoms with van der Waals surface area (Å²) < 4.78 is 11.7. The molecule has 0 aromatic carbocycles. The second-order valence-electron chi connectivity index (χ2n) is 3.08. The first-order valence-corrected chi connectivity index (χ1v) is 5.95. The fraction of sp³-hybridized carbons (Fsp3) is 0.556. The predicted octanol–water partition coefficient (Wildman–Crippen LogP) is 0.463. The number of hydrogen-bond donors (Lipinski definition) is 1. The lowest BCUT2D eigenvalue weighted by molar-refractivity contribution is 0.664. The SMILES string of the molecule is CC(CCN)S(=O)Cc1ncccn1. The van der Waals surface area contributed by atoms with Gasteiger partial charge in [0.15, 0.2) is 0 Å². The lowest BCUT2D eigenvalue weighted by Gasteiger charge is -2.08. The van der Waals surface area contributed by atoms with Gasteiger partial charge in [-0.05, 0) is 19.0 Å². The molecule has 0 bridgehead atoms. The van der Waals surface area contributed by atoms with Crippen LogP contribution in [0.1, 0.15) is 19.2 Å². The first-order valence-electron chi connectivity index (χ1n) is 4.57. The van der Waals surface area contributed by atoms with Gasteiger partial charge in [0.1, 0.15) is 5.82 Å². The second-order valence-corrected chi connectivity index (χ2v) is 4.93. The van der Waals surface area contributed by atoms with Crippen LogP contribution in [-0.4, -0.2) is 26.0 Å². The molecule has 1 rings (SSSR count). The van der Waals surface area contributed by atoms with Gasteiger partial charge in [0.25, 0.3) is 0 Å². The summed E-state index contributed by atoms with van der Waals surface area (Å²) in [7, 11) is -0.921. The van der Waals surface area contributed by atoms with E-state index in [0.29, 0.717) is 18.1 Å². The highest BCUT2D eigenvalue weighted by molar-refractivity contribution is 7.84. The number of rotatable bonds is 5. The maximum Gasteiger partial charge on any atom is 0.140 e. The number of nitrogens with zero attached hydrogens (tertiary/aromatic N) is 2. The monoisotopic (exact) mass is 213 g/mol. The third-order valence-corrected chi connectivity index (χ3v) is 3.59. The van der Waals surface area contributed by atoms with Gasteiger partial charge in [0.05, 0.1) is 5.75 Å². The van der Waals surface area contributed by atoms with Gasteiger partial charge >= 0.3 is 0 Å². The highest BCUT2D eigenvalue weighted by Gasteiger charge is 2.11. The molecule has 1 aromatic rings. The largest absolute Gasteiger partial charge is 0.330 e. The van der Waals surface area contributed by atoms with Gasteiger partial charge in [-0.3, -0.25) is 4.21 Å². The molecule has 4 nitrogen and oxygen atoms in total. The molecule has 0 radical (unpaired) electrons. The summed E-state index contributed by atoms with van der Waals surface area (Å²) in [5.41, 5.74) is 5.39. The zero-order valence-corrected chi connectivity index (χ0v) is 9.04. The molecule has 78 valence electrons. The highest BCUT2D eigenvalue weighted by atomic mass is 32.2. The van der Waals surface area contributed by atoms with E-state index in [2.05, 4.69) is 9.97 Å². The number of aromatic nitrogens is 2. The van der Waals surface area contributed by atoms with Crippen LogP contribution in [0.5, 0.6) is 0 Å². The summed E-state index contributed by atoms with van der Waals surface area (Å²) >= 11 is 0. The summed E-state index contributed by atoms with van der Waals surface area (Å²) in [5, 5.41) is 0.115. The Hall–Kier alpha value is -0.810. The topological polar surface area (TPSA) is 68.9 Å². The molecule has 0 saturated carbocycles. The van der Waals surface area contributed by atoms with Crippen LogP contribution >= 0.6 is 0 Å². The Balaban J connectivity index is 2.49. The maximum absolute atomic E-state index is 11.7. The van der Waals surface area contributed by atoms with Gasteiger partial charge < -0.3 is 5.73 Å². The van der Waals surface area contributed by atoms with Crippen LogP contribution in [0.4, 0.5) is 0 Å². The molecule has 0 aliphatic heterocycles. The molecule has 0 aliphatic carbocycles. The summed E-state index contributed by atoms with van der Waals surface area (Å²) in [6.45, 7) is 2.51. The lowest BCUT2D eigenvalue weighted by atomic mass is 10.3. The van der Waals surface area contributed by atoms with E-state index in [1.807, 2.05) is 6.92 Å². The van der Waals surface area contributed by atoms with Gasteiger partial charge in [-0.2, -0.15) is 0 Å². The van der Waals surface area contributed by atoms with E-state index in [1.54, 1.807) is 18.5 Å². The Labute approximate surface area is 86.4 Å². The van der Waals surface area contributed by atoms with E-state index in [9.17, 15) is 4.21 Å². The summed E-state index contributed by atoms with van der Waals surface area (Å²) in [6, 6.07) is 1.75. The van der Waals surface area contributed by atoms with Crippen molar-refractivity contribution in [2.75, 3.05) is 6.54 Å². The van der Waals surface area contributed by atoms with Crippen molar-refractivity contribution in [1.82, 2.24) is 9.97 Å². The average Bonchev–Trinajstić information content (AvgIpc) is 2.19. The minimum atomic E-state index is -0.921. The van der Waals surface area contributed by atoms with Gasteiger partial charge in [-0.1, -0.05) is 6.92 Å². The van der Waals surface area contributed by atoms with Crippen molar-refractivity contribution in [2.45, 2.75) is 24.3 Å². The quantitative estimate of drug-likeness (QED) is 0.771. The first-order chi connectivity index (χ1) is 6.74. The molecular formula is C9H15N3OS. The molecule has 2 unspecified atom stereocenters. The molecule has 2 atom stereocenters. The summed E-state index contributed by atoms with van der Waals surface area (Å²) in [6.07, 6.45) is 4.10. The molecule has 5 heteroatoms. The molecule has 1 aromatic heterocycles. The molecule has 2 N–H and O–H groups in total. The van der Waals surface area contributed by atoms with Crippen molar-refractivity contribution < 1.29 is 4.21 Å². The fourth-order valence-electron chi connectivity index (χ4n) is 1.04. The highest BCUT2D eigenvalue weighted by Crippen LogP contribution is 2.05. The van der Waals surface area contributed by atoms with E-state index >= 15 is 0 Å². The number of hydrogen-bond acceptors (Lipinski definition) is 4. The smallest absolute Gasteiger partial charge is 0.140 e. The van der Waals surface area contributed by atoms with Gasteiger partial charge in [0.2, 0.25) is 0 Å².